The van der Waals surface area contributed by atoms with Crippen LogP contribution in [0.4, 0.5) is 0 Å². The van der Waals surface area contributed by atoms with E-state index in [0.29, 0.717) is 24.4 Å². The van der Waals surface area contributed by atoms with Crippen molar-refractivity contribution in [2.45, 2.75) is 56.9 Å². The Kier molecular flexibility index (Phi) is 6.97. The molecular weight excluding hydrogens is 420 g/mol. The summed E-state index contributed by atoms with van der Waals surface area (Å²) in [6.07, 6.45) is 13.1. The summed E-state index contributed by atoms with van der Waals surface area (Å²) in [5.41, 5.74) is 18.4. The molecule has 1 fully saturated rings. The number of benzene rings is 1. The van der Waals surface area contributed by atoms with Crippen molar-refractivity contribution in [2.24, 2.45) is 17.4 Å². The predicted octanol–water partition coefficient (Wildman–Crippen LogP) is 4.53. The molecule has 3 heterocycles. The number of imidazole rings is 1. The quantitative estimate of drug-likeness (QED) is 0.408. The van der Waals surface area contributed by atoms with Gasteiger partial charge in [-0.2, -0.15) is 0 Å². The molecule has 1 unspecified atom stereocenters. The summed E-state index contributed by atoms with van der Waals surface area (Å²) < 4.78 is 2.14. The third-order valence-electron chi connectivity index (χ3n) is 7.19. The van der Waals surface area contributed by atoms with Crippen LogP contribution >= 0.6 is 0 Å². The Balaban J connectivity index is 1.39. The molecule has 1 aromatic carbocycles. The molecule has 4 aromatic rings. The summed E-state index contributed by atoms with van der Waals surface area (Å²) >= 11 is 0. The van der Waals surface area contributed by atoms with Crippen LogP contribution in [0, 0.1) is 5.92 Å². The molecule has 176 valence electrons. The lowest BCUT2D eigenvalue weighted by atomic mass is 9.84. The maximum Gasteiger partial charge on any atom is 0.159 e. The Morgan fingerprint density at radius 3 is 2.59 bits per heavy atom. The van der Waals surface area contributed by atoms with E-state index in [1.807, 2.05) is 18.6 Å². The lowest BCUT2D eigenvalue weighted by Crippen LogP contribution is -2.27. The van der Waals surface area contributed by atoms with Gasteiger partial charge in [0.1, 0.15) is 0 Å². The molecule has 0 bridgehead atoms. The monoisotopic (exact) mass is 454 g/mol. The molecule has 0 aliphatic heterocycles. The molecule has 34 heavy (non-hydrogen) atoms. The number of nitrogens with zero attached hydrogens (tertiary/aromatic N) is 4. The number of aromatic nitrogens is 4. The van der Waals surface area contributed by atoms with E-state index in [1.165, 1.54) is 18.4 Å². The van der Waals surface area contributed by atoms with Gasteiger partial charge >= 0.3 is 0 Å². The van der Waals surface area contributed by atoms with Crippen molar-refractivity contribution in [3.8, 4) is 11.4 Å². The molecule has 1 aliphatic rings. The highest BCUT2D eigenvalue weighted by Gasteiger charge is 2.21. The SMILES string of the molecule is NCCC(Cc1cccc(-c2cnc3c(CC4CCC(N)CC4)nccn23)n1)c1ccccc1. The smallest absolute Gasteiger partial charge is 0.159 e. The van der Waals surface area contributed by atoms with E-state index >= 15 is 0 Å². The first-order valence-corrected chi connectivity index (χ1v) is 12.5. The van der Waals surface area contributed by atoms with Crippen LogP contribution in [0.5, 0.6) is 0 Å². The average Bonchev–Trinajstić information content (AvgIpc) is 3.31. The summed E-state index contributed by atoms with van der Waals surface area (Å²) in [4.78, 5) is 14.5. The van der Waals surface area contributed by atoms with E-state index in [9.17, 15) is 0 Å². The largest absolute Gasteiger partial charge is 0.330 e. The van der Waals surface area contributed by atoms with Crippen LogP contribution in [0.15, 0.2) is 67.1 Å². The van der Waals surface area contributed by atoms with E-state index in [0.717, 1.165) is 60.5 Å². The van der Waals surface area contributed by atoms with Gasteiger partial charge in [0.25, 0.3) is 0 Å². The molecule has 6 nitrogen and oxygen atoms in total. The second-order valence-corrected chi connectivity index (χ2v) is 9.60. The normalized spacial score (nSPS) is 19.4. The Morgan fingerprint density at radius 1 is 0.971 bits per heavy atom. The fraction of sp³-hybridized carbons (Fsp3) is 0.393. The third kappa shape index (κ3) is 5.03. The van der Waals surface area contributed by atoms with Crippen molar-refractivity contribution in [3.05, 3.63) is 84.1 Å². The van der Waals surface area contributed by atoms with Gasteiger partial charge < -0.3 is 11.5 Å². The zero-order valence-electron chi connectivity index (χ0n) is 19.7. The van der Waals surface area contributed by atoms with E-state index in [2.05, 4.69) is 52.9 Å². The van der Waals surface area contributed by atoms with Crippen LogP contribution in [0.25, 0.3) is 17.0 Å². The zero-order chi connectivity index (χ0) is 23.3. The van der Waals surface area contributed by atoms with Gasteiger partial charge in [-0.05, 0) is 81.0 Å². The van der Waals surface area contributed by atoms with E-state index < -0.39 is 0 Å². The molecule has 5 rings (SSSR count). The second kappa shape index (κ2) is 10.5. The van der Waals surface area contributed by atoms with Crippen molar-refractivity contribution >= 4 is 5.65 Å². The lowest BCUT2D eigenvalue weighted by Gasteiger charge is -2.25. The van der Waals surface area contributed by atoms with E-state index in [4.69, 9.17) is 26.4 Å². The molecule has 4 N–H and O–H groups in total. The maximum absolute atomic E-state index is 6.10. The summed E-state index contributed by atoms with van der Waals surface area (Å²) in [5, 5.41) is 0. The molecule has 3 aromatic heterocycles. The van der Waals surface area contributed by atoms with Gasteiger partial charge in [0.15, 0.2) is 5.65 Å². The highest BCUT2D eigenvalue weighted by Crippen LogP contribution is 2.29. The number of hydrogen-bond acceptors (Lipinski definition) is 5. The molecular formula is C28H34N6. The minimum Gasteiger partial charge on any atom is -0.330 e. The van der Waals surface area contributed by atoms with Gasteiger partial charge in [0.2, 0.25) is 0 Å². The second-order valence-electron chi connectivity index (χ2n) is 9.60. The summed E-state index contributed by atoms with van der Waals surface area (Å²) in [6.45, 7) is 0.662. The van der Waals surface area contributed by atoms with Crippen molar-refractivity contribution in [2.75, 3.05) is 6.54 Å². The van der Waals surface area contributed by atoms with Crippen LogP contribution < -0.4 is 11.5 Å². The number of fused-ring (bicyclic) bond motifs is 1. The van der Waals surface area contributed by atoms with Crippen molar-refractivity contribution in [1.82, 2.24) is 19.4 Å². The van der Waals surface area contributed by atoms with E-state index in [1.54, 1.807) is 0 Å². The Bertz CT molecular complexity index is 1210. The highest BCUT2D eigenvalue weighted by atomic mass is 15.0. The Labute approximate surface area is 201 Å². The number of rotatable bonds is 8. The first-order chi connectivity index (χ1) is 16.7. The topological polar surface area (TPSA) is 95.1 Å². The highest BCUT2D eigenvalue weighted by molar-refractivity contribution is 5.61. The summed E-state index contributed by atoms with van der Waals surface area (Å²) in [5.74, 6) is 0.994. The zero-order valence-corrected chi connectivity index (χ0v) is 19.7. The summed E-state index contributed by atoms with van der Waals surface area (Å²) in [6, 6.07) is 17.2. The average molecular weight is 455 g/mol. The first kappa shape index (κ1) is 22.7. The molecule has 0 radical (unpaired) electrons. The number of nitrogens with two attached hydrogens (primary N) is 2. The van der Waals surface area contributed by atoms with Gasteiger partial charge in [-0.1, -0.05) is 36.4 Å². The van der Waals surface area contributed by atoms with Gasteiger partial charge in [-0.15, -0.1) is 0 Å². The molecule has 0 amide bonds. The molecule has 0 saturated heterocycles. The predicted molar refractivity (Wildman–Crippen MR) is 136 cm³/mol. The van der Waals surface area contributed by atoms with Gasteiger partial charge in [0.05, 0.1) is 23.3 Å². The minimum atomic E-state index is 0.357. The van der Waals surface area contributed by atoms with Gasteiger partial charge in [-0.25, -0.2) is 4.98 Å². The van der Waals surface area contributed by atoms with Crippen LogP contribution in [0.3, 0.4) is 0 Å². The summed E-state index contributed by atoms with van der Waals surface area (Å²) in [7, 11) is 0. The van der Waals surface area contributed by atoms with Crippen molar-refractivity contribution < 1.29 is 0 Å². The van der Waals surface area contributed by atoms with Crippen LogP contribution in [-0.4, -0.2) is 31.9 Å². The Hall–Kier alpha value is -3.09. The van der Waals surface area contributed by atoms with Crippen molar-refractivity contribution in [3.63, 3.8) is 0 Å². The van der Waals surface area contributed by atoms with Crippen molar-refractivity contribution in [1.29, 1.82) is 0 Å². The van der Waals surface area contributed by atoms with Gasteiger partial charge in [0, 0.05) is 24.1 Å². The number of pyridine rings is 1. The minimum absolute atomic E-state index is 0.357. The fourth-order valence-electron chi connectivity index (χ4n) is 5.27. The van der Waals surface area contributed by atoms with Crippen LogP contribution in [-0.2, 0) is 12.8 Å². The molecule has 1 aliphatic carbocycles. The van der Waals surface area contributed by atoms with Gasteiger partial charge in [-0.3, -0.25) is 14.4 Å². The fourth-order valence-corrected chi connectivity index (χ4v) is 5.27. The lowest BCUT2D eigenvalue weighted by molar-refractivity contribution is 0.323. The Morgan fingerprint density at radius 2 is 1.79 bits per heavy atom. The first-order valence-electron chi connectivity index (χ1n) is 12.5. The molecule has 1 saturated carbocycles. The van der Waals surface area contributed by atoms with E-state index in [-0.39, 0.29) is 0 Å². The number of hydrogen-bond donors (Lipinski definition) is 2. The molecule has 1 atom stereocenters. The molecule has 6 heteroatoms. The standard InChI is InChI=1S/C28H34N6/c29-14-13-22(21-5-2-1-3-6-21)18-24-7-4-8-25(33-24)27-19-32-28-26(31-15-16-34(27)28)17-20-9-11-23(30)12-10-20/h1-8,15-16,19-20,22-23H,9-14,17-18,29-30H2. The molecule has 0 spiro atoms. The van der Waals surface area contributed by atoms with Crippen LogP contribution in [0.1, 0.15) is 55.0 Å². The maximum atomic E-state index is 6.10. The van der Waals surface area contributed by atoms with Crippen LogP contribution in [0.2, 0.25) is 0 Å². The third-order valence-corrected chi connectivity index (χ3v) is 7.19.